The van der Waals surface area contributed by atoms with Gasteiger partial charge in [0.05, 0.1) is 12.2 Å². The van der Waals surface area contributed by atoms with Crippen LogP contribution in [0.25, 0.3) is 5.65 Å². The van der Waals surface area contributed by atoms with Gasteiger partial charge in [0.25, 0.3) is 0 Å². The van der Waals surface area contributed by atoms with E-state index in [-0.39, 0.29) is 18.4 Å². The number of fused-ring (bicyclic) bond motifs is 1. The largest absolute Gasteiger partial charge is 0.335 e. The summed E-state index contributed by atoms with van der Waals surface area (Å²) >= 11 is 0. The molecule has 0 unspecified atom stereocenters. The van der Waals surface area contributed by atoms with Crippen LogP contribution >= 0.6 is 0 Å². The minimum Gasteiger partial charge on any atom is -0.335 e. The predicted molar refractivity (Wildman–Crippen MR) is 107 cm³/mol. The van der Waals surface area contributed by atoms with E-state index in [1.807, 2.05) is 65.0 Å². The summed E-state index contributed by atoms with van der Waals surface area (Å²) in [5.74, 6) is 0.0226. The summed E-state index contributed by atoms with van der Waals surface area (Å²) in [4.78, 5) is 33.1. The summed E-state index contributed by atoms with van der Waals surface area (Å²) in [7, 11) is 0. The maximum atomic E-state index is 12.6. The lowest BCUT2D eigenvalue weighted by Gasteiger charge is -2.34. The van der Waals surface area contributed by atoms with Gasteiger partial charge in [0, 0.05) is 38.4 Å². The van der Waals surface area contributed by atoms with Gasteiger partial charge >= 0.3 is 0 Å². The molecular weight excluding hydrogens is 352 g/mol. The van der Waals surface area contributed by atoms with Crippen molar-refractivity contribution in [2.24, 2.45) is 0 Å². The van der Waals surface area contributed by atoms with Gasteiger partial charge in [0.15, 0.2) is 0 Å². The Labute approximate surface area is 164 Å². The Kier molecular flexibility index (Phi) is 5.10. The molecule has 1 saturated heterocycles. The van der Waals surface area contributed by atoms with Crippen molar-refractivity contribution in [1.82, 2.24) is 19.2 Å². The van der Waals surface area contributed by atoms with E-state index in [4.69, 9.17) is 0 Å². The van der Waals surface area contributed by atoms with Gasteiger partial charge in [-0.3, -0.25) is 9.59 Å². The number of piperazine rings is 1. The van der Waals surface area contributed by atoms with Crippen LogP contribution < -0.4 is 0 Å². The fourth-order valence-corrected chi connectivity index (χ4v) is 3.62. The van der Waals surface area contributed by atoms with E-state index in [1.165, 1.54) is 5.56 Å². The summed E-state index contributed by atoms with van der Waals surface area (Å²) in [5, 5.41) is 0. The zero-order valence-corrected chi connectivity index (χ0v) is 16.0. The number of carbonyl (C=O) groups is 2. The Hall–Kier alpha value is -3.15. The maximum Gasteiger partial charge on any atom is 0.242 e. The van der Waals surface area contributed by atoms with Crippen LogP contribution in [-0.2, 0) is 22.6 Å². The van der Waals surface area contributed by atoms with E-state index in [9.17, 15) is 9.59 Å². The number of nitrogens with zero attached hydrogens (tertiary/aromatic N) is 4. The van der Waals surface area contributed by atoms with E-state index in [0.717, 1.165) is 16.9 Å². The molecule has 2 aromatic heterocycles. The standard InChI is InChI=1S/C22H24N4O2/c1-17-5-4-6-18(13-17)14-25-11-12-26(16-22(25)28)21(27)9-8-19-15-24-10-3-2-7-20(24)23-19/h2-7,10,13,15H,8-9,11-12,14,16H2,1H3. The van der Waals surface area contributed by atoms with Crippen molar-refractivity contribution in [2.75, 3.05) is 19.6 Å². The summed E-state index contributed by atoms with van der Waals surface area (Å²) in [6, 6.07) is 14.0. The highest BCUT2D eigenvalue weighted by molar-refractivity contribution is 5.86. The zero-order valence-electron chi connectivity index (χ0n) is 16.0. The predicted octanol–water partition coefficient (Wildman–Crippen LogP) is 2.45. The molecule has 0 aliphatic carbocycles. The molecule has 1 fully saturated rings. The first kappa shape index (κ1) is 18.2. The highest BCUT2D eigenvalue weighted by Crippen LogP contribution is 2.13. The summed E-state index contributed by atoms with van der Waals surface area (Å²) in [5.41, 5.74) is 4.08. The van der Waals surface area contributed by atoms with Gasteiger partial charge in [0.2, 0.25) is 11.8 Å². The third kappa shape index (κ3) is 4.06. The highest BCUT2D eigenvalue weighted by atomic mass is 16.2. The SMILES string of the molecule is Cc1cccc(CN2CCN(C(=O)CCc3cn4ccccc4n3)CC2=O)c1. The smallest absolute Gasteiger partial charge is 0.242 e. The number of hydrogen-bond donors (Lipinski definition) is 0. The molecule has 2 amide bonds. The van der Waals surface area contributed by atoms with Crippen LogP contribution in [0.3, 0.4) is 0 Å². The maximum absolute atomic E-state index is 12.6. The lowest BCUT2D eigenvalue weighted by Crippen LogP contribution is -2.51. The normalized spacial score (nSPS) is 14.7. The number of pyridine rings is 1. The Morgan fingerprint density at radius 3 is 2.82 bits per heavy atom. The number of rotatable bonds is 5. The first-order valence-electron chi connectivity index (χ1n) is 9.62. The van der Waals surface area contributed by atoms with Gasteiger partial charge < -0.3 is 14.2 Å². The lowest BCUT2D eigenvalue weighted by atomic mass is 10.1. The fourth-order valence-electron chi connectivity index (χ4n) is 3.62. The van der Waals surface area contributed by atoms with Crippen molar-refractivity contribution in [1.29, 1.82) is 0 Å². The molecule has 6 heteroatoms. The molecule has 28 heavy (non-hydrogen) atoms. The molecule has 4 rings (SSSR count). The minimum absolute atomic E-state index is 0.00818. The number of carbonyl (C=O) groups excluding carboxylic acids is 2. The van der Waals surface area contributed by atoms with Crippen molar-refractivity contribution in [3.05, 3.63) is 71.7 Å². The summed E-state index contributed by atoms with van der Waals surface area (Å²) in [6.07, 6.45) is 4.85. The first-order valence-corrected chi connectivity index (χ1v) is 9.62. The molecule has 6 nitrogen and oxygen atoms in total. The van der Waals surface area contributed by atoms with Crippen LogP contribution in [0, 0.1) is 6.92 Å². The fraction of sp³-hybridized carbons (Fsp3) is 0.318. The van der Waals surface area contributed by atoms with Crippen LogP contribution in [0.15, 0.2) is 54.9 Å². The third-order valence-corrected chi connectivity index (χ3v) is 5.14. The summed E-state index contributed by atoms with van der Waals surface area (Å²) in [6.45, 7) is 3.97. The monoisotopic (exact) mass is 376 g/mol. The van der Waals surface area contributed by atoms with Gasteiger partial charge in [-0.1, -0.05) is 35.9 Å². The number of benzene rings is 1. The Morgan fingerprint density at radius 1 is 1.14 bits per heavy atom. The topological polar surface area (TPSA) is 57.9 Å². The molecule has 0 N–H and O–H groups in total. The second-order valence-corrected chi connectivity index (χ2v) is 7.32. The quantitative estimate of drug-likeness (QED) is 0.687. The molecular formula is C22H24N4O2. The zero-order chi connectivity index (χ0) is 19.5. The molecule has 0 bridgehead atoms. The minimum atomic E-state index is 0.00818. The lowest BCUT2D eigenvalue weighted by molar-refractivity contribution is -0.145. The van der Waals surface area contributed by atoms with Crippen LogP contribution in [-0.4, -0.2) is 50.6 Å². The molecule has 1 aliphatic rings. The summed E-state index contributed by atoms with van der Waals surface area (Å²) < 4.78 is 1.95. The van der Waals surface area contributed by atoms with E-state index < -0.39 is 0 Å². The van der Waals surface area contributed by atoms with Gasteiger partial charge in [-0.25, -0.2) is 4.98 Å². The van der Waals surface area contributed by atoms with Crippen molar-refractivity contribution >= 4 is 17.5 Å². The highest BCUT2D eigenvalue weighted by Gasteiger charge is 2.27. The molecule has 0 saturated carbocycles. The second-order valence-electron chi connectivity index (χ2n) is 7.32. The van der Waals surface area contributed by atoms with Gasteiger partial charge in [0.1, 0.15) is 5.65 Å². The van der Waals surface area contributed by atoms with Gasteiger partial charge in [-0.05, 0) is 31.0 Å². The van der Waals surface area contributed by atoms with Gasteiger partial charge in [-0.2, -0.15) is 0 Å². The average Bonchev–Trinajstić information content (AvgIpc) is 3.11. The molecule has 0 spiro atoms. The van der Waals surface area contributed by atoms with Crippen molar-refractivity contribution < 1.29 is 9.59 Å². The van der Waals surface area contributed by atoms with Crippen LogP contribution in [0.5, 0.6) is 0 Å². The number of aromatic nitrogens is 2. The molecule has 0 atom stereocenters. The van der Waals surface area contributed by atoms with Crippen LogP contribution in [0.1, 0.15) is 23.2 Å². The molecule has 144 valence electrons. The Morgan fingerprint density at radius 2 is 2.04 bits per heavy atom. The third-order valence-electron chi connectivity index (χ3n) is 5.14. The van der Waals surface area contributed by atoms with E-state index in [2.05, 4.69) is 11.1 Å². The van der Waals surface area contributed by atoms with Crippen LogP contribution in [0.4, 0.5) is 0 Å². The Balaban J connectivity index is 1.30. The van der Waals surface area contributed by atoms with Crippen LogP contribution in [0.2, 0.25) is 0 Å². The van der Waals surface area contributed by atoms with Crippen molar-refractivity contribution in [2.45, 2.75) is 26.3 Å². The molecule has 3 aromatic rings. The number of amides is 2. The van der Waals surface area contributed by atoms with Gasteiger partial charge in [-0.15, -0.1) is 0 Å². The number of aryl methyl sites for hydroxylation is 2. The Bertz CT molecular complexity index is 977. The number of hydrogen-bond acceptors (Lipinski definition) is 3. The van der Waals surface area contributed by atoms with E-state index >= 15 is 0 Å². The van der Waals surface area contributed by atoms with E-state index in [1.54, 1.807) is 4.90 Å². The number of imidazole rings is 1. The average molecular weight is 376 g/mol. The molecule has 1 aliphatic heterocycles. The molecule has 0 radical (unpaired) electrons. The second kappa shape index (κ2) is 7.84. The van der Waals surface area contributed by atoms with Crippen molar-refractivity contribution in [3.8, 4) is 0 Å². The first-order chi connectivity index (χ1) is 13.6. The molecule has 3 heterocycles. The van der Waals surface area contributed by atoms with Crippen molar-refractivity contribution in [3.63, 3.8) is 0 Å². The van der Waals surface area contributed by atoms with E-state index in [0.29, 0.717) is 32.5 Å². The molecule has 1 aromatic carbocycles.